The molecule has 11 N–H and O–H groups in total. The summed E-state index contributed by atoms with van der Waals surface area (Å²) in [4.78, 5) is 13.2. The van der Waals surface area contributed by atoms with E-state index in [0.29, 0.717) is 0 Å². The minimum atomic E-state index is -1.73. The Bertz CT molecular complexity index is 2250. The van der Waals surface area contributed by atoms with Gasteiger partial charge in [0.25, 0.3) is 0 Å². The van der Waals surface area contributed by atoms with E-state index in [9.17, 15) is 61.0 Å². The molecule has 0 unspecified atom stereocenters. The molecule has 2 aromatic carbocycles. The molecule has 2 saturated heterocycles. The first-order valence-corrected chi connectivity index (χ1v) is 16.8. The SMILES string of the molecule is O=c1c(O)c(-c2ccc(O)c(OCc3cn(C[C@H]4O[C@@H](O)[C@H](O)[C@@H](O)[C@@H]4O)nn3)c2)oc2cc(OCc3cn(C[C@H]4O[C@@H](O)[C@H](O)[C@@H](O)[C@@H]4O)nn3)cc(O)c12. The second kappa shape index (κ2) is 15.6. The van der Waals surface area contributed by atoms with E-state index < -0.39 is 78.3 Å². The van der Waals surface area contributed by atoms with Crippen LogP contribution in [0.25, 0.3) is 22.3 Å². The molecule has 23 heteroatoms. The van der Waals surface area contributed by atoms with E-state index in [-0.39, 0.29) is 77.2 Å². The number of hydrogen-bond donors (Lipinski definition) is 11. The number of fused-ring (bicyclic) bond motifs is 1. The van der Waals surface area contributed by atoms with Crippen molar-refractivity contribution in [2.45, 2.75) is 87.7 Å². The van der Waals surface area contributed by atoms with Gasteiger partial charge in [0.05, 0.1) is 25.5 Å². The number of rotatable bonds is 11. The molecule has 0 spiro atoms. The van der Waals surface area contributed by atoms with Crippen LogP contribution in [0.15, 0.2) is 51.9 Å². The van der Waals surface area contributed by atoms with Crippen molar-refractivity contribution in [3.63, 3.8) is 0 Å². The lowest BCUT2D eigenvalue weighted by Crippen LogP contribution is -2.58. The molecule has 0 amide bonds. The zero-order chi connectivity index (χ0) is 40.0. The van der Waals surface area contributed by atoms with Gasteiger partial charge in [0, 0.05) is 17.7 Å². The maximum Gasteiger partial charge on any atom is 0.238 e. The van der Waals surface area contributed by atoms with Crippen LogP contribution < -0.4 is 14.9 Å². The van der Waals surface area contributed by atoms with Gasteiger partial charge < -0.3 is 79.5 Å². The van der Waals surface area contributed by atoms with Crippen LogP contribution in [0, 0.1) is 0 Å². The lowest BCUT2D eigenvalue weighted by Gasteiger charge is -2.38. The Balaban J connectivity index is 1.03. The van der Waals surface area contributed by atoms with Gasteiger partial charge in [-0.25, -0.2) is 9.36 Å². The molecular formula is C33H36N6O17. The normalized spacial score (nSPS) is 28.1. The maximum atomic E-state index is 13.2. The van der Waals surface area contributed by atoms with E-state index in [1.807, 2.05) is 0 Å². The van der Waals surface area contributed by atoms with E-state index in [1.54, 1.807) is 0 Å². The number of aromatic hydroxyl groups is 3. The average Bonchev–Trinajstić information content (AvgIpc) is 3.83. The second-order valence-electron chi connectivity index (χ2n) is 13.1. The number of nitrogens with zero attached hydrogens (tertiary/aromatic N) is 6. The highest BCUT2D eigenvalue weighted by Gasteiger charge is 2.44. The number of hydrogen-bond acceptors (Lipinski definition) is 21. The van der Waals surface area contributed by atoms with E-state index in [2.05, 4.69) is 20.6 Å². The van der Waals surface area contributed by atoms with E-state index >= 15 is 0 Å². The van der Waals surface area contributed by atoms with Crippen molar-refractivity contribution in [1.82, 2.24) is 30.0 Å². The zero-order valence-corrected chi connectivity index (χ0v) is 28.7. The molecule has 56 heavy (non-hydrogen) atoms. The molecular weight excluding hydrogens is 752 g/mol. The predicted octanol–water partition coefficient (Wildman–Crippen LogP) is -3.48. The number of ether oxygens (including phenoxy) is 4. The van der Waals surface area contributed by atoms with Crippen LogP contribution in [0.2, 0.25) is 0 Å². The molecule has 10 atom stereocenters. The second-order valence-corrected chi connectivity index (χ2v) is 13.1. The van der Waals surface area contributed by atoms with Crippen molar-refractivity contribution < 1.29 is 79.5 Å². The molecule has 0 aliphatic carbocycles. The van der Waals surface area contributed by atoms with Gasteiger partial charge in [-0.15, -0.1) is 10.2 Å². The van der Waals surface area contributed by atoms with E-state index in [4.69, 9.17) is 23.4 Å². The Labute approximate surface area is 312 Å². The molecule has 0 radical (unpaired) electrons. The van der Waals surface area contributed by atoms with Crippen LogP contribution >= 0.6 is 0 Å². The molecule has 5 heterocycles. The summed E-state index contributed by atoms with van der Waals surface area (Å²) in [5.41, 5.74) is -0.565. The number of benzene rings is 2. The average molecular weight is 789 g/mol. The lowest BCUT2D eigenvalue weighted by atomic mass is 9.99. The fraction of sp³-hybridized carbons (Fsp3) is 0.424. The summed E-state index contributed by atoms with van der Waals surface area (Å²) >= 11 is 0. The van der Waals surface area contributed by atoms with Crippen molar-refractivity contribution >= 4 is 11.0 Å². The molecule has 7 rings (SSSR count). The van der Waals surface area contributed by atoms with Gasteiger partial charge >= 0.3 is 0 Å². The monoisotopic (exact) mass is 788 g/mol. The van der Waals surface area contributed by atoms with Crippen LogP contribution in [0.5, 0.6) is 28.7 Å². The van der Waals surface area contributed by atoms with Gasteiger partial charge in [0.1, 0.15) is 95.9 Å². The highest BCUT2D eigenvalue weighted by Crippen LogP contribution is 2.39. The summed E-state index contributed by atoms with van der Waals surface area (Å²) < 4.78 is 30.1. The number of phenolic OH excluding ortho intramolecular Hbond substituents is 2. The summed E-state index contributed by atoms with van der Waals surface area (Å²) in [5, 5.41) is 126. The molecule has 2 aliphatic heterocycles. The predicted molar refractivity (Wildman–Crippen MR) is 179 cm³/mol. The first kappa shape index (κ1) is 38.8. The zero-order valence-electron chi connectivity index (χ0n) is 28.7. The molecule has 5 aromatic rings. The fourth-order valence-electron chi connectivity index (χ4n) is 6.14. The Hall–Kier alpha value is -5.47. The minimum absolute atomic E-state index is 0.0212. The largest absolute Gasteiger partial charge is 0.507 e. The number of aliphatic hydroxyl groups is 8. The highest BCUT2D eigenvalue weighted by atomic mass is 16.6. The molecule has 2 fully saturated rings. The third-order valence-electron chi connectivity index (χ3n) is 9.19. The van der Waals surface area contributed by atoms with E-state index in [1.165, 1.54) is 46.0 Å². The third kappa shape index (κ3) is 7.67. The lowest BCUT2D eigenvalue weighted by molar-refractivity contribution is -0.284. The summed E-state index contributed by atoms with van der Waals surface area (Å²) in [6.45, 7) is -0.772. The van der Waals surface area contributed by atoms with Crippen LogP contribution in [-0.2, 0) is 35.8 Å². The third-order valence-corrected chi connectivity index (χ3v) is 9.19. The number of aromatic nitrogens is 6. The summed E-state index contributed by atoms with van der Waals surface area (Å²) in [6, 6.07) is 6.23. The topological polar surface area (TPSA) is 351 Å². The first-order valence-electron chi connectivity index (χ1n) is 16.8. The Morgan fingerprint density at radius 2 is 1.21 bits per heavy atom. The summed E-state index contributed by atoms with van der Waals surface area (Å²) in [5.74, 6) is -2.19. The highest BCUT2D eigenvalue weighted by molar-refractivity contribution is 5.88. The van der Waals surface area contributed by atoms with Crippen molar-refractivity contribution in [2.24, 2.45) is 0 Å². The van der Waals surface area contributed by atoms with Gasteiger partial charge in [-0.2, -0.15) is 0 Å². The van der Waals surface area contributed by atoms with Crippen molar-refractivity contribution in [1.29, 1.82) is 0 Å². The van der Waals surface area contributed by atoms with Gasteiger partial charge in [-0.05, 0) is 18.2 Å². The van der Waals surface area contributed by atoms with Gasteiger partial charge in [0.2, 0.25) is 11.2 Å². The van der Waals surface area contributed by atoms with Gasteiger partial charge in [-0.1, -0.05) is 10.4 Å². The molecule has 3 aromatic heterocycles. The quantitative estimate of drug-likeness (QED) is 0.0619. The molecule has 300 valence electrons. The Morgan fingerprint density at radius 3 is 1.79 bits per heavy atom. The first-order chi connectivity index (χ1) is 26.7. The molecule has 0 bridgehead atoms. The Kier molecular flexibility index (Phi) is 10.8. The molecule has 23 nitrogen and oxygen atoms in total. The minimum Gasteiger partial charge on any atom is -0.507 e. The van der Waals surface area contributed by atoms with Crippen molar-refractivity contribution in [2.75, 3.05) is 0 Å². The van der Waals surface area contributed by atoms with Crippen LogP contribution in [0.1, 0.15) is 11.4 Å². The van der Waals surface area contributed by atoms with Crippen LogP contribution in [0.4, 0.5) is 0 Å². The molecule has 0 saturated carbocycles. The Morgan fingerprint density at radius 1 is 0.661 bits per heavy atom. The maximum absolute atomic E-state index is 13.2. The van der Waals surface area contributed by atoms with Gasteiger partial charge in [-0.3, -0.25) is 4.79 Å². The van der Waals surface area contributed by atoms with E-state index in [0.717, 1.165) is 6.07 Å². The number of aliphatic hydroxyl groups excluding tert-OH is 8. The van der Waals surface area contributed by atoms with Crippen LogP contribution in [0.3, 0.4) is 0 Å². The number of phenols is 2. The summed E-state index contributed by atoms with van der Waals surface area (Å²) in [6.07, 6.45) is -12.6. The smallest absolute Gasteiger partial charge is 0.238 e. The fourth-order valence-corrected chi connectivity index (χ4v) is 6.14. The van der Waals surface area contributed by atoms with Crippen molar-refractivity contribution in [3.05, 3.63) is 64.3 Å². The summed E-state index contributed by atoms with van der Waals surface area (Å²) in [7, 11) is 0. The van der Waals surface area contributed by atoms with Gasteiger partial charge in [0.15, 0.2) is 29.8 Å². The van der Waals surface area contributed by atoms with Crippen LogP contribution in [-0.4, -0.2) is 148 Å². The molecule has 2 aliphatic rings. The standard InChI is InChI=1S/C33H36N6O17/c40-16-2-1-12(3-18(16)53-11-14-7-39(37-35-14)9-21-24(43)27(46)30(49)33(51)56-21)31-28(47)25(44)22-17(41)4-15(5-19(22)54-31)52-10-13-6-38(36-34-13)8-20-23(42)26(45)29(48)32(50)55-20/h1-7,20-21,23-24,26-27,29-30,32-33,40-43,45-51H,8-11H2/t20-,21-,23-,24-,26+,27+,29-,30-,32-,33-/m1/s1. The van der Waals surface area contributed by atoms with Crippen molar-refractivity contribution in [3.8, 4) is 40.1 Å².